The van der Waals surface area contributed by atoms with Gasteiger partial charge in [-0.3, -0.25) is 4.79 Å². The fraction of sp³-hybridized carbons (Fsp3) is 0.0667. The maximum Gasteiger partial charge on any atom is 0.248 e. The first-order valence-electron chi connectivity index (χ1n) is 12.2. The Morgan fingerprint density at radius 2 is 1.56 bits per heavy atom. The van der Waals surface area contributed by atoms with E-state index >= 15 is 0 Å². The zero-order valence-corrected chi connectivity index (χ0v) is 21.3. The highest BCUT2D eigenvalue weighted by molar-refractivity contribution is 6.02. The van der Waals surface area contributed by atoms with Crippen LogP contribution in [0.4, 0.5) is 11.5 Å². The number of nitrogens with one attached hydrogen (secondary N) is 1. The average molecular weight is 517 g/mol. The predicted octanol–water partition coefficient (Wildman–Crippen LogP) is 5.47. The van der Waals surface area contributed by atoms with Gasteiger partial charge in [0.15, 0.2) is 17.3 Å². The molecule has 0 spiro atoms. The van der Waals surface area contributed by atoms with Gasteiger partial charge in [0.2, 0.25) is 5.91 Å². The molecule has 6 aromatic rings. The molecule has 4 aromatic carbocycles. The van der Waals surface area contributed by atoms with Crippen molar-refractivity contribution in [3.05, 3.63) is 96.6 Å². The maximum atomic E-state index is 12.0. The molecule has 2 aromatic heterocycles. The number of para-hydroxylation sites is 1. The summed E-state index contributed by atoms with van der Waals surface area (Å²) in [5, 5.41) is 19.1. The van der Waals surface area contributed by atoms with E-state index in [2.05, 4.69) is 15.5 Å². The Balaban J connectivity index is 1.55. The number of hydrogen-bond acceptors (Lipinski definition) is 7. The van der Waals surface area contributed by atoms with E-state index in [1.54, 1.807) is 30.9 Å². The molecule has 2 heterocycles. The van der Waals surface area contributed by atoms with E-state index in [1.807, 2.05) is 78.9 Å². The third-order valence-corrected chi connectivity index (χ3v) is 6.57. The number of hydrogen-bond donors (Lipinski definition) is 2. The van der Waals surface area contributed by atoms with E-state index in [0.29, 0.717) is 28.6 Å². The summed E-state index contributed by atoms with van der Waals surface area (Å²) < 4.78 is 12.6. The Labute approximate surface area is 223 Å². The summed E-state index contributed by atoms with van der Waals surface area (Å²) in [4.78, 5) is 12.0. The number of nitrogens with zero attached hydrogens (tertiary/aromatic N) is 4. The van der Waals surface area contributed by atoms with E-state index in [4.69, 9.17) is 20.3 Å². The highest BCUT2D eigenvalue weighted by Gasteiger charge is 2.18. The zero-order chi connectivity index (χ0) is 26.9. The van der Waals surface area contributed by atoms with Crippen molar-refractivity contribution in [2.75, 3.05) is 19.5 Å². The fourth-order valence-electron chi connectivity index (χ4n) is 4.62. The van der Waals surface area contributed by atoms with Crippen LogP contribution in [-0.2, 0) is 0 Å². The summed E-state index contributed by atoms with van der Waals surface area (Å²) in [5.41, 5.74) is 9.76. The molecule has 0 aliphatic carbocycles. The normalized spacial score (nSPS) is 11.0. The summed E-state index contributed by atoms with van der Waals surface area (Å²) in [6.07, 6.45) is 0. The monoisotopic (exact) mass is 516 g/mol. The van der Waals surface area contributed by atoms with Gasteiger partial charge in [0.25, 0.3) is 0 Å². The van der Waals surface area contributed by atoms with Crippen molar-refractivity contribution < 1.29 is 14.3 Å². The number of anilines is 2. The fourth-order valence-corrected chi connectivity index (χ4v) is 4.62. The number of ether oxygens (including phenoxy) is 2. The molecular weight excluding hydrogens is 492 g/mol. The van der Waals surface area contributed by atoms with Crippen LogP contribution in [0.15, 0.2) is 91.0 Å². The van der Waals surface area contributed by atoms with Crippen LogP contribution in [-0.4, -0.2) is 39.9 Å². The first-order chi connectivity index (χ1) is 19.1. The lowest BCUT2D eigenvalue weighted by atomic mass is 9.99. The van der Waals surface area contributed by atoms with Crippen molar-refractivity contribution in [2.24, 2.45) is 5.73 Å². The van der Waals surface area contributed by atoms with Crippen molar-refractivity contribution >= 4 is 33.8 Å². The number of carbonyl (C=O) groups is 1. The molecule has 0 aliphatic rings. The third kappa shape index (κ3) is 4.25. The van der Waals surface area contributed by atoms with E-state index in [-0.39, 0.29) is 0 Å². The van der Waals surface area contributed by atoms with Crippen LogP contribution in [0.1, 0.15) is 10.4 Å². The molecule has 0 saturated heterocycles. The molecule has 0 fully saturated rings. The number of fused-ring (bicyclic) bond motifs is 3. The van der Waals surface area contributed by atoms with Gasteiger partial charge in [-0.25, -0.2) is 0 Å². The Bertz CT molecular complexity index is 1850. The van der Waals surface area contributed by atoms with Gasteiger partial charge in [0, 0.05) is 38.7 Å². The minimum absolute atomic E-state index is 0.385. The molecule has 39 heavy (non-hydrogen) atoms. The highest BCUT2D eigenvalue weighted by atomic mass is 16.5. The van der Waals surface area contributed by atoms with E-state index in [0.717, 1.165) is 38.9 Å². The quantitative estimate of drug-likeness (QED) is 0.289. The molecule has 9 nitrogen and oxygen atoms in total. The molecule has 1 amide bonds. The highest BCUT2D eigenvalue weighted by Crippen LogP contribution is 2.38. The van der Waals surface area contributed by atoms with Crippen molar-refractivity contribution in [3.8, 4) is 34.0 Å². The van der Waals surface area contributed by atoms with Gasteiger partial charge < -0.3 is 20.5 Å². The topological polar surface area (TPSA) is 117 Å². The first kappa shape index (κ1) is 23.9. The molecule has 0 atom stereocenters. The lowest BCUT2D eigenvalue weighted by Gasteiger charge is -2.17. The van der Waals surface area contributed by atoms with Gasteiger partial charge >= 0.3 is 0 Å². The van der Waals surface area contributed by atoms with Crippen molar-refractivity contribution in [1.29, 1.82) is 0 Å². The molecule has 192 valence electrons. The molecule has 0 saturated carbocycles. The molecule has 3 N–H and O–H groups in total. The number of carbonyl (C=O) groups excluding carboxylic acids is 1. The minimum atomic E-state index is -0.517. The Morgan fingerprint density at radius 1 is 0.821 bits per heavy atom. The number of aromatic nitrogens is 4. The number of nitrogens with two attached hydrogens (primary N) is 1. The molecule has 9 heteroatoms. The maximum absolute atomic E-state index is 12.0. The summed E-state index contributed by atoms with van der Waals surface area (Å²) in [7, 11) is 3.24. The predicted molar refractivity (Wildman–Crippen MR) is 151 cm³/mol. The van der Waals surface area contributed by atoms with E-state index in [9.17, 15) is 4.79 Å². The molecule has 6 rings (SSSR count). The van der Waals surface area contributed by atoms with Gasteiger partial charge in [-0.15, -0.1) is 15.3 Å². The van der Waals surface area contributed by atoms with E-state index < -0.39 is 5.91 Å². The second-order valence-electron chi connectivity index (χ2n) is 8.83. The third-order valence-electron chi connectivity index (χ3n) is 6.57. The summed E-state index contributed by atoms with van der Waals surface area (Å²) in [6, 6.07) is 28.3. The Kier molecular flexibility index (Phi) is 6.01. The lowest BCUT2D eigenvalue weighted by Crippen LogP contribution is -2.11. The number of benzene rings is 4. The number of primary amides is 1. The SMILES string of the molecule is COc1ccc(-c2nnc3c4ccccc4c(Nc4ccc(C(N)=O)cc4-c4ccccc4OC)nn23)cc1. The molecular formula is C30H24N6O3. The van der Waals surface area contributed by atoms with Crippen molar-refractivity contribution in [1.82, 2.24) is 19.8 Å². The first-order valence-corrected chi connectivity index (χ1v) is 12.2. The zero-order valence-electron chi connectivity index (χ0n) is 21.3. The van der Waals surface area contributed by atoms with Crippen molar-refractivity contribution in [2.45, 2.75) is 0 Å². The smallest absolute Gasteiger partial charge is 0.248 e. The molecule has 0 radical (unpaired) electrons. The second kappa shape index (κ2) is 9.79. The van der Waals surface area contributed by atoms with Crippen LogP contribution in [0.25, 0.3) is 38.9 Å². The van der Waals surface area contributed by atoms with Gasteiger partial charge in [0.05, 0.1) is 14.2 Å². The number of rotatable bonds is 7. The average Bonchev–Trinajstić information content (AvgIpc) is 3.41. The van der Waals surface area contributed by atoms with Crippen LogP contribution >= 0.6 is 0 Å². The summed E-state index contributed by atoms with van der Waals surface area (Å²) in [6.45, 7) is 0. The summed E-state index contributed by atoms with van der Waals surface area (Å²) >= 11 is 0. The number of amides is 1. The van der Waals surface area contributed by atoms with Crippen LogP contribution in [0.5, 0.6) is 11.5 Å². The largest absolute Gasteiger partial charge is 0.497 e. The van der Waals surface area contributed by atoms with Crippen molar-refractivity contribution in [3.63, 3.8) is 0 Å². The second-order valence-corrected chi connectivity index (χ2v) is 8.83. The van der Waals surface area contributed by atoms with E-state index in [1.165, 1.54) is 0 Å². The lowest BCUT2D eigenvalue weighted by molar-refractivity contribution is 0.100. The van der Waals surface area contributed by atoms with Crippen LogP contribution in [0.3, 0.4) is 0 Å². The van der Waals surface area contributed by atoms with Gasteiger partial charge in [-0.2, -0.15) is 4.52 Å². The standard InChI is InChI=1S/C30H24N6O3/c1-38-20-14-11-18(12-15-20)29-33-34-30-23-9-4-3-8-22(23)28(35-36(29)30)32-25-16-13-19(27(31)37)17-24(25)21-7-5-6-10-26(21)39-2/h3-17H,1-2H3,(H2,31,37)(H,32,35). The Hall–Kier alpha value is -5.44. The van der Waals surface area contributed by atoms with Gasteiger partial charge in [0.1, 0.15) is 11.5 Å². The van der Waals surface area contributed by atoms with Crippen LogP contribution < -0.4 is 20.5 Å². The van der Waals surface area contributed by atoms with Crippen LogP contribution in [0, 0.1) is 0 Å². The van der Waals surface area contributed by atoms with Gasteiger partial charge in [-0.05, 0) is 48.5 Å². The molecule has 0 unspecified atom stereocenters. The van der Waals surface area contributed by atoms with Crippen LogP contribution in [0.2, 0.25) is 0 Å². The Morgan fingerprint density at radius 3 is 2.31 bits per heavy atom. The van der Waals surface area contributed by atoms with Gasteiger partial charge in [-0.1, -0.05) is 42.5 Å². The summed E-state index contributed by atoms with van der Waals surface area (Å²) in [5.74, 6) is 2.08. The molecule has 0 aliphatic heterocycles. The minimum Gasteiger partial charge on any atom is -0.497 e. The molecule has 0 bridgehead atoms. The number of methoxy groups -OCH3 is 2.